The van der Waals surface area contributed by atoms with Crippen molar-refractivity contribution >= 4 is 11.6 Å². The van der Waals surface area contributed by atoms with Crippen LogP contribution in [-0.4, -0.2) is 21.8 Å². The first-order chi connectivity index (χ1) is 10.3. The fourth-order valence-electron chi connectivity index (χ4n) is 3.46. The molecule has 2 heterocycles. The number of aromatic nitrogens is 2. The number of anilines is 1. The molecule has 2 aromatic rings. The van der Waals surface area contributed by atoms with Gasteiger partial charge in [0.25, 0.3) is 5.91 Å². The standard InChI is InChI=1S/C16H15N3O2/c20-16(13-8-19-14(21-13)5-6-17-19)18-15-11-3-1-9(11)7-10-2-4-12(10)15/h5-7,13H,1-4,8H2,(H,18,20). The van der Waals surface area contributed by atoms with Crippen LogP contribution in [0.4, 0.5) is 5.69 Å². The second-order valence-electron chi connectivity index (χ2n) is 5.97. The molecule has 106 valence electrons. The number of aryl methyl sites for hydroxylation is 2. The maximum Gasteiger partial charge on any atom is 0.267 e. The van der Waals surface area contributed by atoms with Gasteiger partial charge in [0.2, 0.25) is 5.88 Å². The van der Waals surface area contributed by atoms with E-state index < -0.39 is 6.10 Å². The molecule has 0 bridgehead atoms. The Labute approximate surface area is 121 Å². The quantitative estimate of drug-likeness (QED) is 0.907. The minimum atomic E-state index is -0.472. The highest BCUT2D eigenvalue weighted by Gasteiger charge is 2.33. The molecule has 2 aliphatic carbocycles. The molecule has 1 aliphatic heterocycles. The fourth-order valence-corrected chi connectivity index (χ4v) is 3.46. The molecule has 5 nitrogen and oxygen atoms in total. The Morgan fingerprint density at radius 3 is 2.62 bits per heavy atom. The molecule has 1 aromatic heterocycles. The Hall–Kier alpha value is -2.30. The lowest BCUT2D eigenvalue weighted by molar-refractivity contribution is -0.122. The largest absolute Gasteiger partial charge is 0.462 e. The molecule has 0 fully saturated rings. The Balaban J connectivity index is 1.41. The molecule has 5 heteroatoms. The normalized spacial score (nSPS) is 20.5. The second-order valence-corrected chi connectivity index (χ2v) is 5.97. The molecule has 0 radical (unpaired) electrons. The smallest absolute Gasteiger partial charge is 0.267 e. The molecule has 1 N–H and O–H groups in total. The zero-order chi connectivity index (χ0) is 14.0. The van der Waals surface area contributed by atoms with Crippen molar-refractivity contribution in [3.05, 3.63) is 40.6 Å². The van der Waals surface area contributed by atoms with E-state index >= 15 is 0 Å². The first kappa shape index (κ1) is 11.4. The summed E-state index contributed by atoms with van der Waals surface area (Å²) in [5.74, 6) is 0.610. The van der Waals surface area contributed by atoms with Crippen molar-refractivity contribution in [2.75, 3.05) is 5.32 Å². The monoisotopic (exact) mass is 281 g/mol. The fraction of sp³-hybridized carbons (Fsp3) is 0.375. The van der Waals surface area contributed by atoms with Gasteiger partial charge in [-0.05, 0) is 47.9 Å². The molecule has 0 spiro atoms. The third-order valence-corrected chi connectivity index (χ3v) is 4.84. The lowest BCUT2D eigenvalue weighted by atomic mass is 9.76. The number of hydrogen-bond acceptors (Lipinski definition) is 3. The number of fused-ring (bicyclic) bond motifs is 3. The van der Waals surface area contributed by atoms with Crippen molar-refractivity contribution in [2.24, 2.45) is 0 Å². The third-order valence-electron chi connectivity index (χ3n) is 4.84. The Morgan fingerprint density at radius 1 is 1.24 bits per heavy atom. The van der Waals surface area contributed by atoms with E-state index in [1.165, 1.54) is 22.3 Å². The summed E-state index contributed by atoms with van der Waals surface area (Å²) in [4.78, 5) is 12.5. The first-order valence-corrected chi connectivity index (χ1v) is 7.45. The predicted molar refractivity (Wildman–Crippen MR) is 76.5 cm³/mol. The van der Waals surface area contributed by atoms with Gasteiger partial charge in [-0.2, -0.15) is 5.10 Å². The predicted octanol–water partition coefficient (Wildman–Crippen LogP) is 1.48. The Morgan fingerprint density at radius 2 is 2.00 bits per heavy atom. The van der Waals surface area contributed by atoms with Crippen molar-refractivity contribution in [3.8, 4) is 5.88 Å². The molecule has 21 heavy (non-hydrogen) atoms. The molecular weight excluding hydrogens is 266 g/mol. The third kappa shape index (κ3) is 1.51. The summed E-state index contributed by atoms with van der Waals surface area (Å²) in [6.45, 7) is 0.491. The number of hydrogen-bond donors (Lipinski definition) is 1. The number of amides is 1. The zero-order valence-electron chi connectivity index (χ0n) is 11.6. The van der Waals surface area contributed by atoms with E-state index in [4.69, 9.17) is 4.74 Å². The minimum absolute atomic E-state index is 0.0603. The maximum atomic E-state index is 12.5. The topological polar surface area (TPSA) is 56.2 Å². The van der Waals surface area contributed by atoms with Crippen LogP contribution in [0.15, 0.2) is 18.3 Å². The molecule has 5 rings (SSSR count). The van der Waals surface area contributed by atoms with Crippen LogP contribution >= 0.6 is 0 Å². The lowest BCUT2D eigenvalue weighted by Gasteiger charge is -2.32. The van der Waals surface area contributed by atoms with Gasteiger partial charge in [-0.3, -0.25) is 4.79 Å². The highest BCUT2D eigenvalue weighted by atomic mass is 16.5. The highest BCUT2D eigenvalue weighted by molar-refractivity contribution is 5.97. The van der Waals surface area contributed by atoms with Crippen molar-refractivity contribution in [2.45, 2.75) is 38.3 Å². The van der Waals surface area contributed by atoms with Crippen LogP contribution in [0.2, 0.25) is 0 Å². The summed E-state index contributed by atoms with van der Waals surface area (Å²) in [7, 11) is 0. The average molecular weight is 281 g/mol. The molecular formula is C16H15N3O2. The zero-order valence-corrected chi connectivity index (χ0v) is 11.6. The number of ether oxygens (including phenoxy) is 1. The van der Waals surface area contributed by atoms with Gasteiger partial charge in [0.1, 0.15) is 0 Å². The van der Waals surface area contributed by atoms with Crippen LogP contribution in [0, 0.1) is 0 Å². The van der Waals surface area contributed by atoms with Crippen molar-refractivity contribution < 1.29 is 9.53 Å². The summed E-state index contributed by atoms with van der Waals surface area (Å²) in [5, 5.41) is 7.26. The van der Waals surface area contributed by atoms with Gasteiger partial charge in [-0.1, -0.05) is 6.07 Å². The lowest BCUT2D eigenvalue weighted by Crippen LogP contribution is -2.34. The van der Waals surface area contributed by atoms with Crippen LogP contribution in [0.25, 0.3) is 0 Å². The molecule has 1 unspecified atom stereocenters. The van der Waals surface area contributed by atoms with E-state index in [1.807, 2.05) is 0 Å². The first-order valence-electron chi connectivity index (χ1n) is 7.45. The van der Waals surface area contributed by atoms with Gasteiger partial charge in [0.05, 0.1) is 12.7 Å². The van der Waals surface area contributed by atoms with Crippen LogP contribution in [0.5, 0.6) is 5.88 Å². The number of rotatable bonds is 2. The average Bonchev–Trinajstić information content (AvgIpc) is 2.95. The molecule has 1 amide bonds. The SMILES string of the molecule is O=C(Nc1c2c(cc3c1CC3)CC2)C1Cn2nccc2O1. The van der Waals surface area contributed by atoms with Gasteiger partial charge in [-0.15, -0.1) is 0 Å². The van der Waals surface area contributed by atoms with Gasteiger partial charge in [0, 0.05) is 11.8 Å². The van der Waals surface area contributed by atoms with Gasteiger partial charge < -0.3 is 10.1 Å². The van der Waals surface area contributed by atoms with E-state index in [0.717, 1.165) is 31.4 Å². The Bertz CT molecular complexity index is 727. The molecule has 3 aliphatic rings. The Kier molecular flexibility index (Phi) is 2.10. The van der Waals surface area contributed by atoms with Gasteiger partial charge in [0.15, 0.2) is 6.10 Å². The van der Waals surface area contributed by atoms with E-state index in [-0.39, 0.29) is 5.91 Å². The van der Waals surface area contributed by atoms with E-state index in [2.05, 4.69) is 16.5 Å². The van der Waals surface area contributed by atoms with Gasteiger partial charge in [-0.25, -0.2) is 4.68 Å². The summed E-state index contributed by atoms with van der Waals surface area (Å²) in [6, 6.07) is 4.10. The van der Waals surface area contributed by atoms with E-state index in [1.54, 1.807) is 16.9 Å². The summed E-state index contributed by atoms with van der Waals surface area (Å²) >= 11 is 0. The number of benzene rings is 1. The van der Waals surface area contributed by atoms with Gasteiger partial charge >= 0.3 is 0 Å². The van der Waals surface area contributed by atoms with Crippen LogP contribution in [0.3, 0.4) is 0 Å². The highest BCUT2D eigenvalue weighted by Crippen LogP contribution is 2.40. The van der Waals surface area contributed by atoms with Crippen LogP contribution in [-0.2, 0) is 37.0 Å². The number of carbonyl (C=O) groups excluding carboxylic acids is 1. The summed E-state index contributed by atoms with van der Waals surface area (Å²) in [6.07, 6.45) is 5.64. The summed E-state index contributed by atoms with van der Waals surface area (Å²) < 4.78 is 7.37. The number of nitrogens with one attached hydrogen (secondary N) is 1. The maximum absolute atomic E-state index is 12.5. The summed E-state index contributed by atoms with van der Waals surface area (Å²) in [5.41, 5.74) is 6.54. The van der Waals surface area contributed by atoms with E-state index in [0.29, 0.717) is 12.4 Å². The van der Waals surface area contributed by atoms with Crippen LogP contribution < -0.4 is 10.1 Å². The molecule has 1 atom stereocenters. The molecule has 0 saturated heterocycles. The van der Waals surface area contributed by atoms with Crippen molar-refractivity contribution in [1.29, 1.82) is 0 Å². The van der Waals surface area contributed by atoms with E-state index in [9.17, 15) is 4.79 Å². The minimum Gasteiger partial charge on any atom is -0.462 e. The molecule has 0 saturated carbocycles. The second kappa shape index (κ2) is 3.87. The van der Waals surface area contributed by atoms with Crippen molar-refractivity contribution in [3.63, 3.8) is 0 Å². The van der Waals surface area contributed by atoms with Crippen molar-refractivity contribution in [1.82, 2.24) is 9.78 Å². The number of carbonyl (C=O) groups is 1. The van der Waals surface area contributed by atoms with Crippen LogP contribution in [0.1, 0.15) is 22.3 Å². The molecule has 1 aromatic carbocycles. The number of nitrogens with zero attached hydrogens (tertiary/aromatic N) is 2.